The molecule has 0 fully saturated rings. The summed E-state index contributed by atoms with van der Waals surface area (Å²) in [4.78, 5) is 25.4. The summed E-state index contributed by atoms with van der Waals surface area (Å²) in [5, 5.41) is 0.535. The minimum absolute atomic E-state index is 0.289. The van der Waals surface area contributed by atoms with Gasteiger partial charge in [0.1, 0.15) is 5.75 Å². The smallest absolute Gasteiger partial charge is 0.331 e. The number of hydrogen-bond donors (Lipinski definition) is 0. The fourth-order valence-corrected chi connectivity index (χ4v) is 2.48. The second-order valence-corrected chi connectivity index (χ2v) is 6.20. The van der Waals surface area contributed by atoms with Gasteiger partial charge in [-0.25, -0.2) is 4.79 Å². The van der Waals surface area contributed by atoms with E-state index in [-0.39, 0.29) is 12.5 Å². The maximum atomic E-state index is 12.1. The molecule has 0 aliphatic rings. The highest BCUT2D eigenvalue weighted by atomic mass is 35.5. The monoisotopic (exact) mass is 387 g/mol. The van der Waals surface area contributed by atoms with E-state index in [1.807, 2.05) is 37.3 Å². The van der Waals surface area contributed by atoms with Crippen molar-refractivity contribution in [1.29, 1.82) is 0 Å². The summed E-state index contributed by atoms with van der Waals surface area (Å²) in [5.74, 6) is -0.101. The predicted molar refractivity (Wildman–Crippen MR) is 106 cm³/mol. The molecule has 0 aromatic heterocycles. The third-order valence-corrected chi connectivity index (χ3v) is 4.07. The van der Waals surface area contributed by atoms with Gasteiger partial charge < -0.3 is 14.4 Å². The van der Waals surface area contributed by atoms with Crippen molar-refractivity contribution in [3.8, 4) is 5.75 Å². The molecule has 1 amide bonds. The molecule has 6 heteroatoms. The molecular weight excluding hydrogens is 366 g/mol. The number of hydrogen-bond acceptors (Lipinski definition) is 4. The van der Waals surface area contributed by atoms with Crippen molar-refractivity contribution in [3.05, 3.63) is 70.8 Å². The highest BCUT2D eigenvalue weighted by Gasteiger charge is 2.11. The van der Waals surface area contributed by atoms with Crippen LogP contribution in [0.1, 0.15) is 18.1 Å². The molecule has 2 aromatic carbocycles. The van der Waals surface area contributed by atoms with E-state index < -0.39 is 5.97 Å². The first-order chi connectivity index (χ1) is 13.0. The first-order valence-corrected chi connectivity index (χ1v) is 8.92. The standard InChI is InChI=1S/C21H22ClNO4/c1-3-26-18-11-8-16(9-12-18)14-23(2)20(24)15-27-21(25)13-10-17-6-4-5-7-19(17)22/h4-13H,3,14-15H2,1-2H3/b13-10+. The van der Waals surface area contributed by atoms with E-state index in [2.05, 4.69) is 0 Å². The van der Waals surface area contributed by atoms with Crippen LogP contribution in [-0.2, 0) is 20.9 Å². The maximum Gasteiger partial charge on any atom is 0.331 e. The van der Waals surface area contributed by atoms with Crippen molar-refractivity contribution in [1.82, 2.24) is 4.90 Å². The number of esters is 1. The molecule has 0 saturated heterocycles. The van der Waals surface area contributed by atoms with Gasteiger partial charge in [0.05, 0.1) is 6.61 Å². The lowest BCUT2D eigenvalue weighted by Gasteiger charge is -2.17. The number of ether oxygens (including phenoxy) is 2. The van der Waals surface area contributed by atoms with Crippen LogP contribution in [0.3, 0.4) is 0 Å². The van der Waals surface area contributed by atoms with Gasteiger partial charge in [-0.1, -0.05) is 41.9 Å². The second kappa shape index (κ2) is 10.4. The van der Waals surface area contributed by atoms with Crippen LogP contribution in [0, 0.1) is 0 Å². The van der Waals surface area contributed by atoms with E-state index in [1.54, 1.807) is 31.3 Å². The highest BCUT2D eigenvalue weighted by molar-refractivity contribution is 6.32. The molecule has 0 unspecified atom stereocenters. The molecule has 0 bridgehead atoms. The van der Waals surface area contributed by atoms with E-state index in [1.165, 1.54) is 11.0 Å². The molecule has 0 aliphatic heterocycles. The van der Waals surface area contributed by atoms with Gasteiger partial charge in [0.25, 0.3) is 5.91 Å². The Balaban J connectivity index is 1.80. The van der Waals surface area contributed by atoms with Crippen molar-refractivity contribution in [2.75, 3.05) is 20.3 Å². The molecule has 0 saturated carbocycles. The van der Waals surface area contributed by atoms with E-state index in [0.717, 1.165) is 11.3 Å². The molecule has 142 valence electrons. The topological polar surface area (TPSA) is 55.8 Å². The van der Waals surface area contributed by atoms with E-state index in [4.69, 9.17) is 21.1 Å². The fourth-order valence-electron chi connectivity index (χ4n) is 2.28. The minimum Gasteiger partial charge on any atom is -0.494 e. The molecular formula is C21H22ClNO4. The number of amides is 1. The van der Waals surface area contributed by atoms with E-state index >= 15 is 0 Å². The van der Waals surface area contributed by atoms with Crippen molar-refractivity contribution in [3.63, 3.8) is 0 Å². The molecule has 2 rings (SSSR count). The zero-order valence-electron chi connectivity index (χ0n) is 15.4. The summed E-state index contributed by atoms with van der Waals surface area (Å²) in [6.45, 7) is 2.62. The largest absolute Gasteiger partial charge is 0.494 e. The van der Waals surface area contributed by atoms with Gasteiger partial charge in [0.2, 0.25) is 0 Å². The van der Waals surface area contributed by atoms with Crippen LogP contribution in [0.5, 0.6) is 5.75 Å². The number of carbonyl (C=O) groups is 2. The van der Waals surface area contributed by atoms with Gasteiger partial charge in [-0.15, -0.1) is 0 Å². The Kier molecular flexibility index (Phi) is 7.89. The number of nitrogens with zero attached hydrogens (tertiary/aromatic N) is 1. The van der Waals surface area contributed by atoms with Crippen molar-refractivity contribution in [2.24, 2.45) is 0 Å². The molecule has 0 spiro atoms. The van der Waals surface area contributed by atoms with Crippen LogP contribution in [0.2, 0.25) is 5.02 Å². The average molecular weight is 388 g/mol. The Bertz CT molecular complexity index is 802. The van der Waals surface area contributed by atoms with Gasteiger partial charge >= 0.3 is 5.97 Å². The Hall–Kier alpha value is -2.79. The lowest BCUT2D eigenvalue weighted by molar-refractivity contribution is -0.147. The summed E-state index contributed by atoms with van der Waals surface area (Å²) >= 11 is 6.01. The highest BCUT2D eigenvalue weighted by Crippen LogP contribution is 2.16. The van der Waals surface area contributed by atoms with Gasteiger partial charge in [-0.3, -0.25) is 4.79 Å². The van der Waals surface area contributed by atoms with Crippen LogP contribution in [0.4, 0.5) is 0 Å². The van der Waals surface area contributed by atoms with Crippen molar-refractivity contribution >= 4 is 29.6 Å². The van der Waals surface area contributed by atoms with Crippen LogP contribution >= 0.6 is 11.6 Å². The molecule has 0 heterocycles. The van der Waals surface area contributed by atoms with Gasteiger partial charge in [0, 0.05) is 24.7 Å². The van der Waals surface area contributed by atoms with Crippen LogP contribution in [0.15, 0.2) is 54.6 Å². The summed E-state index contributed by atoms with van der Waals surface area (Å²) in [6, 6.07) is 14.6. The fraction of sp³-hybridized carbons (Fsp3) is 0.238. The first kappa shape index (κ1) is 20.5. The summed E-state index contributed by atoms with van der Waals surface area (Å²) in [6.07, 6.45) is 2.81. The second-order valence-electron chi connectivity index (χ2n) is 5.79. The van der Waals surface area contributed by atoms with Gasteiger partial charge in [0.15, 0.2) is 6.61 Å². The lowest BCUT2D eigenvalue weighted by Crippen LogP contribution is -2.30. The van der Waals surface area contributed by atoms with Crippen LogP contribution < -0.4 is 4.74 Å². The lowest BCUT2D eigenvalue weighted by atomic mass is 10.2. The Morgan fingerprint density at radius 2 is 1.81 bits per heavy atom. The molecule has 0 atom stereocenters. The summed E-state index contributed by atoms with van der Waals surface area (Å²) in [7, 11) is 1.66. The zero-order chi connectivity index (χ0) is 19.6. The predicted octanol–water partition coefficient (Wildman–Crippen LogP) is 3.95. The number of benzene rings is 2. The van der Waals surface area contributed by atoms with E-state index in [9.17, 15) is 9.59 Å². The maximum absolute atomic E-state index is 12.1. The quantitative estimate of drug-likeness (QED) is 0.508. The van der Waals surface area contributed by atoms with Crippen molar-refractivity contribution < 1.29 is 19.1 Å². The molecule has 0 radical (unpaired) electrons. The number of likely N-dealkylation sites (N-methyl/N-ethyl adjacent to an activating group) is 1. The number of halogens is 1. The summed E-state index contributed by atoms with van der Waals surface area (Å²) in [5.41, 5.74) is 1.66. The molecule has 2 aromatic rings. The minimum atomic E-state index is -0.599. The molecule has 5 nitrogen and oxygen atoms in total. The molecule has 0 aliphatic carbocycles. The van der Waals surface area contributed by atoms with Crippen LogP contribution in [0.25, 0.3) is 6.08 Å². The van der Waals surface area contributed by atoms with Gasteiger partial charge in [-0.05, 0) is 42.3 Å². The Morgan fingerprint density at radius 3 is 2.48 bits per heavy atom. The molecule has 27 heavy (non-hydrogen) atoms. The third-order valence-electron chi connectivity index (χ3n) is 3.72. The van der Waals surface area contributed by atoms with E-state index in [0.29, 0.717) is 23.7 Å². The van der Waals surface area contributed by atoms with Crippen molar-refractivity contribution in [2.45, 2.75) is 13.5 Å². The number of carbonyl (C=O) groups excluding carboxylic acids is 2. The Labute approximate surface area is 164 Å². The van der Waals surface area contributed by atoms with Gasteiger partial charge in [-0.2, -0.15) is 0 Å². The SMILES string of the molecule is CCOc1ccc(CN(C)C(=O)COC(=O)/C=C/c2ccccc2Cl)cc1. The number of rotatable bonds is 8. The third kappa shape index (κ3) is 6.79. The molecule has 0 N–H and O–H groups in total. The summed E-state index contributed by atoms with van der Waals surface area (Å²) < 4.78 is 10.4. The average Bonchev–Trinajstić information content (AvgIpc) is 2.67. The van der Waals surface area contributed by atoms with Crippen LogP contribution in [-0.4, -0.2) is 37.0 Å². The normalized spacial score (nSPS) is 10.6. The zero-order valence-corrected chi connectivity index (χ0v) is 16.1. The Morgan fingerprint density at radius 1 is 1.11 bits per heavy atom. The first-order valence-electron chi connectivity index (χ1n) is 8.54.